The predicted octanol–water partition coefficient (Wildman–Crippen LogP) is 11.5. The number of para-hydroxylation sites is 1. The third-order valence-electron chi connectivity index (χ3n) is 8.07. The highest BCUT2D eigenvalue weighted by molar-refractivity contribution is 6.19. The van der Waals surface area contributed by atoms with Crippen LogP contribution >= 0.6 is 0 Å². The van der Waals surface area contributed by atoms with Crippen LogP contribution in [0, 0.1) is 0 Å². The molecule has 1 aromatic heterocycles. The second-order valence-corrected chi connectivity index (χ2v) is 10.6. The van der Waals surface area contributed by atoms with Gasteiger partial charge in [0.25, 0.3) is 0 Å². The van der Waals surface area contributed by atoms with Gasteiger partial charge in [-0.25, -0.2) is 0 Å². The van der Waals surface area contributed by atoms with Gasteiger partial charge in [0.05, 0.1) is 0 Å². The van der Waals surface area contributed by atoms with Crippen molar-refractivity contribution < 1.29 is 4.42 Å². The van der Waals surface area contributed by atoms with Crippen LogP contribution in [0.4, 0.5) is 17.1 Å². The molecule has 2 nitrogen and oxygen atoms in total. The molecule has 0 bridgehead atoms. The van der Waals surface area contributed by atoms with Gasteiger partial charge >= 0.3 is 0 Å². The first-order chi connectivity index (χ1) is 20.8. The van der Waals surface area contributed by atoms with Gasteiger partial charge in [-0.3, -0.25) is 0 Å². The third-order valence-corrected chi connectivity index (χ3v) is 8.07. The molecule has 0 aliphatic carbocycles. The molecular formula is C40H27NO. The van der Waals surface area contributed by atoms with Crippen molar-refractivity contribution in [2.75, 3.05) is 4.90 Å². The third kappa shape index (κ3) is 4.22. The quantitative estimate of drug-likeness (QED) is 0.217. The van der Waals surface area contributed by atoms with Crippen molar-refractivity contribution in [3.05, 3.63) is 164 Å². The number of fused-ring (bicyclic) bond motifs is 5. The molecule has 0 unspecified atom stereocenters. The smallest absolute Gasteiger partial charge is 0.136 e. The SMILES string of the molecule is c1ccc(-c2ccc(N(c3ccc(-c4ccccc4)cc3)c3ccc4ccc5oc6ccccc6c5c4c3)cc2)cc1. The molecule has 0 saturated carbocycles. The number of hydrogen-bond acceptors (Lipinski definition) is 2. The van der Waals surface area contributed by atoms with Crippen LogP contribution in [0.3, 0.4) is 0 Å². The Morgan fingerprint density at radius 2 is 0.857 bits per heavy atom. The molecule has 0 saturated heterocycles. The molecule has 8 aromatic rings. The Kier molecular flexibility index (Phi) is 5.82. The van der Waals surface area contributed by atoms with E-state index in [1.165, 1.54) is 33.0 Å². The Bertz CT molecular complexity index is 2080. The first-order valence-corrected chi connectivity index (χ1v) is 14.3. The van der Waals surface area contributed by atoms with E-state index in [1.807, 2.05) is 12.1 Å². The lowest BCUT2D eigenvalue weighted by Gasteiger charge is -2.26. The molecule has 0 amide bonds. The molecule has 0 radical (unpaired) electrons. The summed E-state index contributed by atoms with van der Waals surface area (Å²) in [7, 11) is 0. The van der Waals surface area contributed by atoms with Crippen LogP contribution in [0.15, 0.2) is 168 Å². The fraction of sp³-hybridized carbons (Fsp3) is 0. The Morgan fingerprint density at radius 3 is 1.48 bits per heavy atom. The van der Waals surface area contributed by atoms with E-state index in [4.69, 9.17) is 4.42 Å². The fourth-order valence-electron chi connectivity index (χ4n) is 5.98. The van der Waals surface area contributed by atoms with Gasteiger partial charge in [0, 0.05) is 27.8 Å². The minimum absolute atomic E-state index is 0.909. The lowest BCUT2D eigenvalue weighted by molar-refractivity contribution is 0.669. The van der Waals surface area contributed by atoms with Crippen LogP contribution in [-0.2, 0) is 0 Å². The Labute approximate surface area is 244 Å². The molecule has 0 atom stereocenters. The largest absolute Gasteiger partial charge is 0.456 e. The highest BCUT2D eigenvalue weighted by Crippen LogP contribution is 2.41. The highest BCUT2D eigenvalue weighted by Gasteiger charge is 2.16. The van der Waals surface area contributed by atoms with E-state index in [0.29, 0.717) is 0 Å². The number of hydrogen-bond donors (Lipinski definition) is 0. The van der Waals surface area contributed by atoms with Crippen molar-refractivity contribution in [1.29, 1.82) is 0 Å². The maximum Gasteiger partial charge on any atom is 0.136 e. The van der Waals surface area contributed by atoms with Crippen molar-refractivity contribution >= 4 is 49.8 Å². The number of rotatable bonds is 5. The van der Waals surface area contributed by atoms with Crippen LogP contribution in [0.1, 0.15) is 0 Å². The predicted molar refractivity (Wildman–Crippen MR) is 177 cm³/mol. The van der Waals surface area contributed by atoms with Crippen molar-refractivity contribution in [2.24, 2.45) is 0 Å². The molecular weight excluding hydrogens is 510 g/mol. The van der Waals surface area contributed by atoms with Crippen LogP contribution in [0.2, 0.25) is 0 Å². The zero-order valence-electron chi connectivity index (χ0n) is 22.9. The summed E-state index contributed by atoms with van der Waals surface area (Å²) in [5.41, 5.74) is 9.94. The molecule has 0 N–H and O–H groups in total. The molecule has 2 heteroatoms. The maximum absolute atomic E-state index is 6.23. The van der Waals surface area contributed by atoms with Crippen molar-refractivity contribution in [3.63, 3.8) is 0 Å². The van der Waals surface area contributed by atoms with Crippen LogP contribution in [-0.4, -0.2) is 0 Å². The van der Waals surface area contributed by atoms with E-state index in [-0.39, 0.29) is 0 Å². The van der Waals surface area contributed by atoms with E-state index in [1.54, 1.807) is 0 Å². The lowest BCUT2D eigenvalue weighted by Crippen LogP contribution is -2.09. The number of benzene rings is 7. The summed E-state index contributed by atoms with van der Waals surface area (Å²) in [6.07, 6.45) is 0. The van der Waals surface area contributed by atoms with Gasteiger partial charge in [-0.15, -0.1) is 0 Å². The van der Waals surface area contributed by atoms with Gasteiger partial charge < -0.3 is 9.32 Å². The maximum atomic E-state index is 6.23. The first kappa shape index (κ1) is 24.2. The van der Waals surface area contributed by atoms with Crippen molar-refractivity contribution in [1.82, 2.24) is 0 Å². The van der Waals surface area contributed by atoms with Gasteiger partial charge in [-0.1, -0.05) is 115 Å². The molecule has 0 spiro atoms. The molecule has 0 fully saturated rings. The van der Waals surface area contributed by atoms with E-state index in [2.05, 4.69) is 157 Å². The second-order valence-electron chi connectivity index (χ2n) is 10.6. The van der Waals surface area contributed by atoms with Crippen LogP contribution in [0.5, 0.6) is 0 Å². The Hall–Kier alpha value is -5.60. The normalized spacial score (nSPS) is 11.3. The average molecular weight is 538 g/mol. The summed E-state index contributed by atoms with van der Waals surface area (Å²) in [5.74, 6) is 0. The van der Waals surface area contributed by atoms with Gasteiger partial charge in [0.1, 0.15) is 11.2 Å². The molecule has 0 aliphatic rings. The van der Waals surface area contributed by atoms with E-state index < -0.39 is 0 Å². The number of nitrogens with zero attached hydrogens (tertiary/aromatic N) is 1. The van der Waals surface area contributed by atoms with Gasteiger partial charge in [-0.2, -0.15) is 0 Å². The van der Waals surface area contributed by atoms with Crippen molar-refractivity contribution in [2.45, 2.75) is 0 Å². The van der Waals surface area contributed by atoms with Crippen LogP contribution in [0.25, 0.3) is 55.0 Å². The number of anilines is 3. The number of furan rings is 1. The fourth-order valence-corrected chi connectivity index (χ4v) is 5.98. The van der Waals surface area contributed by atoms with E-state index in [9.17, 15) is 0 Å². The summed E-state index contributed by atoms with van der Waals surface area (Å²) in [5, 5.41) is 4.67. The summed E-state index contributed by atoms with van der Waals surface area (Å²) < 4.78 is 6.23. The van der Waals surface area contributed by atoms with Crippen molar-refractivity contribution in [3.8, 4) is 22.3 Å². The first-order valence-electron chi connectivity index (χ1n) is 14.3. The highest BCUT2D eigenvalue weighted by atomic mass is 16.3. The van der Waals surface area contributed by atoms with Crippen LogP contribution < -0.4 is 4.90 Å². The monoisotopic (exact) mass is 537 g/mol. The summed E-state index contributed by atoms with van der Waals surface area (Å²) >= 11 is 0. The minimum Gasteiger partial charge on any atom is -0.456 e. The minimum atomic E-state index is 0.909. The average Bonchev–Trinajstić information content (AvgIpc) is 3.46. The standard InChI is InChI=1S/C40H27NO/c1-3-9-28(10-4-1)30-15-21-33(22-16-30)41(34-23-17-31(18-24-34)29-11-5-2-6-12-29)35-25-19-32-20-26-39-40(37(32)27-35)36-13-7-8-14-38(36)42-39/h1-27H. The molecule has 7 aromatic carbocycles. The second kappa shape index (κ2) is 10.1. The van der Waals surface area contributed by atoms with E-state index in [0.717, 1.165) is 39.0 Å². The summed E-state index contributed by atoms with van der Waals surface area (Å²) in [6, 6.07) is 58.0. The summed E-state index contributed by atoms with van der Waals surface area (Å²) in [6.45, 7) is 0. The molecule has 42 heavy (non-hydrogen) atoms. The Morgan fingerprint density at radius 1 is 0.357 bits per heavy atom. The topological polar surface area (TPSA) is 16.4 Å². The van der Waals surface area contributed by atoms with Gasteiger partial charge in [0.2, 0.25) is 0 Å². The summed E-state index contributed by atoms with van der Waals surface area (Å²) in [4.78, 5) is 2.34. The van der Waals surface area contributed by atoms with E-state index >= 15 is 0 Å². The van der Waals surface area contributed by atoms with Gasteiger partial charge in [0.15, 0.2) is 0 Å². The lowest BCUT2D eigenvalue weighted by atomic mass is 10.0. The molecule has 1 heterocycles. The zero-order valence-corrected chi connectivity index (χ0v) is 22.9. The molecule has 8 rings (SSSR count). The Balaban J connectivity index is 1.30. The van der Waals surface area contributed by atoms with Gasteiger partial charge in [-0.05, 0) is 81.6 Å². The molecule has 0 aliphatic heterocycles. The zero-order chi connectivity index (χ0) is 27.9. The molecule has 198 valence electrons.